The molecule has 0 aliphatic rings. The van der Waals surface area contributed by atoms with Gasteiger partial charge in [-0.15, -0.1) is 5.10 Å². The Bertz CT molecular complexity index is 653. The van der Waals surface area contributed by atoms with Gasteiger partial charge < -0.3 is 5.32 Å². The van der Waals surface area contributed by atoms with Crippen LogP contribution in [0.5, 0.6) is 0 Å². The van der Waals surface area contributed by atoms with Crippen LogP contribution in [0.2, 0.25) is 0 Å². The Morgan fingerprint density at radius 1 is 1.29 bits per heavy atom. The van der Waals surface area contributed by atoms with E-state index in [0.717, 1.165) is 36.2 Å². The number of anilines is 1. The van der Waals surface area contributed by atoms with Crippen LogP contribution < -0.4 is 5.32 Å². The van der Waals surface area contributed by atoms with E-state index in [-0.39, 0.29) is 0 Å². The molecule has 1 N–H and O–H groups in total. The van der Waals surface area contributed by atoms with Crippen LogP contribution in [0, 0.1) is 11.3 Å². The van der Waals surface area contributed by atoms with Crippen molar-refractivity contribution in [2.45, 2.75) is 33.1 Å². The van der Waals surface area contributed by atoms with Crippen LogP contribution in [-0.2, 0) is 26.3 Å². The molecule has 6 heteroatoms. The maximum Gasteiger partial charge on any atom is 0.166 e. The Kier molecular flexibility index (Phi) is 4.88. The fourth-order valence-electron chi connectivity index (χ4n) is 2.32. The quantitative estimate of drug-likeness (QED) is 0.876. The monoisotopic (exact) mass is 284 g/mol. The van der Waals surface area contributed by atoms with Gasteiger partial charge in [0.25, 0.3) is 0 Å². The van der Waals surface area contributed by atoms with E-state index in [1.54, 1.807) is 4.68 Å². The Morgan fingerprint density at radius 3 is 2.67 bits per heavy atom. The Morgan fingerprint density at radius 2 is 2.10 bits per heavy atom. The van der Waals surface area contributed by atoms with Crippen molar-refractivity contribution < 1.29 is 0 Å². The standard InChI is InChI=1S/C15H20N6/c1-4-12-13(10-16)15(19-18-14(12)5-2)17-8-6-11-7-9-21(3)20-11/h7,9H,4-6,8H2,1-3H3,(H,17,19). The average Bonchev–Trinajstić information content (AvgIpc) is 2.91. The number of nitrogens with zero attached hydrogens (tertiary/aromatic N) is 5. The summed E-state index contributed by atoms with van der Waals surface area (Å²) in [7, 11) is 1.90. The van der Waals surface area contributed by atoms with Gasteiger partial charge in [-0.2, -0.15) is 15.5 Å². The molecule has 21 heavy (non-hydrogen) atoms. The van der Waals surface area contributed by atoms with Crippen LogP contribution in [0.25, 0.3) is 0 Å². The molecule has 0 radical (unpaired) electrons. The Hall–Kier alpha value is -2.42. The number of hydrogen-bond donors (Lipinski definition) is 1. The van der Waals surface area contributed by atoms with Crippen molar-refractivity contribution in [2.24, 2.45) is 7.05 Å². The summed E-state index contributed by atoms with van der Waals surface area (Å²) in [5.41, 5.74) is 3.53. The van der Waals surface area contributed by atoms with Crippen molar-refractivity contribution in [1.29, 1.82) is 5.26 Å². The number of rotatable bonds is 6. The predicted octanol–water partition coefficient (Wildman–Crippen LogP) is 1.86. The average molecular weight is 284 g/mol. The molecule has 0 amide bonds. The third-order valence-electron chi connectivity index (χ3n) is 3.40. The lowest BCUT2D eigenvalue weighted by molar-refractivity contribution is 0.741. The lowest BCUT2D eigenvalue weighted by Crippen LogP contribution is -2.12. The van der Waals surface area contributed by atoms with Crippen LogP contribution in [0.4, 0.5) is 5.82 Å². The summed E-state index contributed by atoms with van der Waals surface area (Å²) in [5, 5.41) is 25.3. The molecule has 0 saturated heterocycles. The van der Waals surface area contributed by atoms with Gasteiger partial charge in [-0.05, 0) is 24.5 Å². The van der Waals surface area contributed by atoms with E-state index in [0.29, 0.717) is 17.9 Å². The topological polar surface area (TPSA) is 79.4 Å². The maximum atomic E-state index is 9.40. The van der Waals surface area contributed by atoms with Gasteiger partial charge in [0, 0.05) is 26.2 Å². The summed E-state index contributed by atoms with van der Waals surface area (Å²) < 4.78 is 1.78. The summed E-state index contributed by atoms with van der Waals surface area (Å²) in [6.07, 6.45) is 4.28. The molecule has 0 fully saturated rings. The third kappa shape index (κ3) is 3.37. The third-order valence-corrected chi connectivity index (χ3v) is 3.40. The first-order chi connectivity index (χ1) is 10.2. The van der Waals surface area contributed by atoms with E-state index in [4.69, 9.17) is 0 Å². The van der Waals surface area contributed by atoms with E-state index in [1.165, 1.54) is 0 Å². The van der Waals surface area contributed by atoms with Gasteiger partial charge in [0.05, 0.1) is 11.4 Å². The SMILES string of the molecule is CCc1nnc(NCCc2ccn(C)n2)c(C#N)c1CC. The molecule has 6 nitrogen and oxygen atoms in total. The molecule has 0 unspecified atom stereocenters. The van der Waals surface area contributed by atoms with Gasteiger partial charge in [0.2, 0.25) is 0 Å². The van der Waals surface area contributed by atoms with Crippen molar-refractivity contribution in [3.8, 4) is 6.07 Å². The van der Waals surface area contributed by atoms with Crippen molar-refractivity contribution >= 4 is 5.82 Å². The zero-order chi connectivity index (χ0) is 15.2. The lowest BCUT2D eigenvalue weighted by atomic mass is 10.0. The molecule has 0 atom stereocenters. The molecule has 0 aliphatic carbocycles. The largest absolute Gasteiger partial charge is 0.367 e. The van der Waals surface area contributed by atoms with Gasteiger partial charge in [0.1, 0.15) is 11.6 Å². The normalized spacial score (nSPS) is 10.4. The predicted molar refractivity (Wildman–Crippen MR) is 80.9 cm³/mol. The Balaban J connectivity index is 2.11. The molecule has 0 saturated carbocycles. The lowest BCUT2D eigenvalue weighted by Gasteiger charge is -2.11. The van der Waals surface area contributed by atoms with Crippen LogP contribution in [-0.4, -0.2) is 26.5 Å². The molecule has 2 aromatic rings. The molecule has 0 aromatic carbocycles. The number of aromatic nitrogens is 4. The highest BCUT2D eigenvalue weighted by molar-refractivity contribution is 5.56. The van der Waals surface area contributed by atoms with E-state index >= 15 is 0 Å². The highest BCUT2D eigenvalue weighted by Gasteiger charge is 2.13. The first-order valence-corrected chi connectivity index (χ1v) is 7.20. The molecular weight excluding hydrogens is 264 g/mol. The summed E-state index contributed by atoms with van der Waals surface area (Å²) >= 11 is 0. The van der Waals surface area contributed by atoms with Crippen LogP contribution >= 0.6 is 0 Å². The fourth-order valence-corrected chi connectivity index (χ4v) is 2.32. The minimum absolute atomic E-state index is 0.572. The second-order valence-electron chi connectivity index (χ2n) is 4.83. The van der Waals surface area contributed by atoms with E-state index in [1.807, 2.05) is 33.2 Å². The van der Waals surface area contributed by atoms with Gasteiger partial charge in [-0.25, -0.2) is 0 Å². The van der Waals surface area contributed by atoms with E-state index in [2.05, 4.69) is 26.7 Å². The zero-order valence-electron chi connectivity index (χ0n) is 12.7. The summed E-state index contributed by atoms with van der Waals surface area (Å²) in [6, 6.07) is 4.24. The van der Waals surface area contributed by atoms with Crippen LogP contribution in [0.15, 0.2) is 12.3 Å². The number of hydrogen-bond acceptors (Lipinski definition) is 5. The van der Waals surface area contributed by atoms with Gasteiger partial charge in [-0.1, -0.05) is 13.8 Å². The minimum atomic E-state index is 0.572. The second kappa shape index (κ2) is 6.84. The van der Waals surface area contributed by atoms with Gasteiger partial charge >= 0.3 is 0 Å². The maximum absolute atomic E-state index is 9.40. The first kappa shape index (κ1) is 15.0. The minimum Gasteiger partial charge on any atom is -0.367 e. The fraction of sp³-hybridized carbons (Fsp3) is 0.467. The van der Waals surface area contributed by atoms with Crippen LogP contribution in [0.3, 0.4) is 0 Å². The van der Waals surface area contributed by atoms with Crippen molar-refractivity contribution in [3.05, 3.63) is 34.8 Å². The van der Waals surface area contributed by atoms with Crippen molar-refractivity contribution in [3.63, 3.8) is 0 Å². The van der Waals surface area contributed by atoms with Crippen molar-refractivity contribution in [2.75, 3.05) is 11.9 Å². The summed E-state index contributed by atoms with van der Waals surface area (Å²) in [4.78, 5) is 0. The summed E-state index contributed by atoms with van der Waals surface area (Å²) in [6.45, 7) is 4.74. The van der Waals surface area contributed by atoms with Crippen LogP contribution in [0.1, 0.15) is 36.4 Å². The second-order valence-corrected chi connectivity index (χ2v) is 4.83. The molecule has 2 aromatic heterocycles. The van der Waals surface area contributed by atoms with Gasteiger partial charge in [0.15, 0.2) is 5.82 Å². The molecule has 2 rings (SSSR count). The first-order valence-electron chi connectivity index (χ1n) is 7.20. The number of aryl methyl sites for hydroxylation is 2. The molecule has 110 valence electrons. The smallest absolute Gasteiger partial charge is 0.166 e. The highest BCUT2D eigenvalue weighted by atomic mass is 15.2. The molecule has 0 aliphatic heterocycles. The van der Waals surface area contributed by atoms with Crippen molar-refractivity contribution in [1.82, 2.24) is 20.0 Å². The number of nitriles is 1. The van der Waals surface area contributed by atoms with E-state index in [9.17, 15) is 5.26 Å². The van der Waals surface area contributed by atoms with E-state index < -0.39 is 0 Å². The Labute approximate surface area is 124 Å². The number of nitrogens with one attached hydrogen (secondary N) is 1. The molecule has 2 heterocycles. The highest BCUT2D eigenvalue weighted by Crippen LogP contribution is 2.19. The molecule has 0 spiro atoms. The molecular formula is C15H20N6. The van der Waals surface area contributed by atoms with Gasteiger partial charge in [-0.3, -0.25) is 4.68 Å². The zero-order valence-corrected chi connectivity index (χ0v) is 12.7. The summed E-state index contributed by atoms with van der Waals surface area (Å²) in [5.74, 6) is 0.572. The molecule has 0 bridgehead atoms.